The van der Waals surface area contributed by atoms with E-state index < -0.39 is 23.4 Å². The quantitative estimate of drug-likeness (QED) is 0.899. The third-order valence-corrected chi connectivity index (χ3v) is 5.26. The van der Waals surface area contributed by atoms with Crippen LogP contribution >= 0.6 is 0 Å². The van der Waals surface area contributed by atoms with Gasteiger partial charge in [-0.1, -0.05) is 17.7 Å². The third kappa shape index (κ3) is 2.53. The van der Waals surface area contributed by atoms with Crippen LogP contribution in [0.5, 0.6) is 0 Å². The normalized spacial score (nSPS) is 32.1. The molecule has 2 aliphatic heterocycles. The van der Waals surface area contributed by atoms with Gasteiger partial charge in [0.2, 0.25) is 5.91 Å². The lowest BCUT2D eigenvalue weighted by atomic mass is 9.72. The van der Waals surface area contributed by atoms with Gasteiger partial charge in [-0.2, -0.15) is 0 Å². The van der Waals surface area contributed by atoms with Gasteiger partial charge in [0.05, 0.1) is 23.5 Å². The number of hydrogen-bond donors (Lipinski definition) is 2. The number of aliphatic carboxylic acids is 1. The summed E-state index contributed by atoms with van der Waals surface area (Å²) >= 11 is 0. The molecule has 5 heteroatoms. The Morgan fingerprint density at radius 2 is 1.87 bits per heavy atom. The van der Waals surface area contributed by atoms with Gasteiger partial charge >= 0.3 is 5.97 Å². The van der Waals surface area contributed by atoms with Crippen molar-refractivity contribution < 1.29 is 19.4 Å². The molecule has 2 heterocycles. The fraction of sp³-hybridized carbons (Fsp3) is 0.556. The average molecular weight is 317 g/mol. The van der Waals surface area contributed by atoms with Crippen molar-refractivity contribution in [3.05, 3.63) is 28.8 Å². The molecule has 2 saturated heterocycles. The molecule has 2 fully saturated rings. The summed E-state index contributed by atoms with van der Waals surface area (Å²) in [5.41, 5.74) is 3.15. The van der Waals surface area contributed by atoms with Crippen molar-refractivity contribution in [1.82, 2.24) is 0 Å². The van der Waals surface area contributed by atoms with Gasteiger partial charge in [0.1, 0.15) is 0 Å². The van der Waals surface area contributed by atoms with E-state index in [1.807, 2.05) is 32.9 Å². The van der Waals surface area contributed by atoms with E-state index in [2.05, 4.69) is 5.32 Å². The molecule has 0 spiro atoms. The number of hydrogen-bond acceptors (Lipinski definition) is 3. The first-order chi connectivity index (χ1) is 10.7. The van der Waals surface area contributed by atoms with E-state index in [-0.39, 0.29) is 12.0 Å². The van der Waals surface area contributed by atoms with Gasteiger partial charge in [-0.25, -0.2) is 0 Å². The lowest BCUT2D eigenvalue weighted by Crippen LogP contribution is -2.45. The molecule has 2 N–H and O–H groups in total. The van der Waals surface area contributed by atoms with Gasteiger partial charge in [0.15, 0.2) is 0 Å². The lowest BCUT2D eigenvalue weighted by Gasteiger charge is -2.30. The minimum Gasteiger partial charge on any atom is -0.481 e. The number of ether oxygens (including phenoxy) is 1. The summed E-state index contributed by atoms with van der Waals surface area (Å²) in [4.78, 5) is 24.5. The maximum atomic E-state index is 12.8. The molecule has 5 nitrogen and oxygen atoms in total. The molecule has 0 saturated carbocycles. The molecule has 124 valence electrons. The Balaban J connectivity index is 1.88. The molecule has 2 bridgehead atoms. The number of benzene rings is 1. The fourth-order valence-electron chi connectivity index (χ4n) is 4.29. The van der Waals surface area contributed by atoms with Crippen LogP contribution in [0.15, 0.2) is 12.1 Å². The van der Waals surface area contributed by atoms with Crippen molar-refractivity contribution in [2.24, 2.45) is 11.8 Å². The van der Waals surface area contributed by atoms with Crippen molar-refractivity contribution in [2.45, 2.75) is 52.2 Å². The first kappa shape index (κ1) is 16.0. The predicted molar refractivity (Wildman–Crippen MR) is 86.4 cm³/mol. The largest absolute Gasteiger partial charge is 0.481 e. The van der Waals surface area contributed by atoms with E-state index >= 15 is 0 Å². The van der Waals surface area contributed by atoms with Crippen LogP contribution in [-0.2, 0) is 14.3 Å². The minimum atomic E-state index is -0.952. The summed E-state index contributed by atoms with van der Waals surface area (Å²) in [6.45, 7) is 7.71. The smallest absolute Gasteiger partial charge is 0.310 e. The van der Waals surface area contributed by atoms with Crippen LogP contribution in [0.4, 0.5) is 5.69 Å². The molecule has 4 unspecified atom stereocenters. The standard InChI is InChI=1S/C18H23NO4/c1-9-7-10(2)15(11(3)8-9)19-16(20)13-12-5-6-18(4,23-12)14(13)17(21)22/h7-8,12-14H,5-6H2,1-4H3,(H,19,20)(H,21,22). The summed E-state index contributed by atoms with van der Waals surface area (Å²) in [5, 5.41) is 12.5. The van der Waals surface area contributed by atoms with Crippen molar-refractivity contribution in [1.29, 1.82) is 0 Å². The third-order valence-electron chi connectivity index (χ3n) is 5.26. The first-order valence-electron chi connectivity index (χ1n) is 8.02. The van der Waals surface area contributed by atoms with Gasteiger partial charge < -0.3 is 15.2 Å². The van der Waals surface area contributed by atoms with E-state index in [0.29, 0.717) is 6.42 Å². The van der Waals surface area contributed by atoms with Gasteiger partial charge in [-0.15, -0.1) is 0 Å². The average Bonchev–Trinajstić information content (AvgIpc) is 2.95. The molecule has 0 radical (unpaired) electrons. The number of carbonyl (C=O) groups excluding carboxylic acids is 1. The monoisotopic (exact) mass is 317 g/mol. The SMILES string of the molecule is Cc1cc(C)c(NC(=O)C2C3CCC(C)(O3)C2C(=O)O)c(C)c1. The van der Waals surface area contributed by atoms with Gasteiger partial charge in [-0.3, -0.25) is 9.59 Å². The molecule has 1 aromatic carbocycles. The molecular formula is C18H23NO4. The number of anilines is 1. The van der Waals surface area contributed by atoms with Crippen LogP contribution in [0.3, 0.4) is 0 Å². The highest BCUT2D eigenvalue weighted by Gasteiger charge is 2.62. The van der Waals surface area contributed by atoms with Gasteiger partial charge in [-0.05, 0) is 51.7 Å². The number of aryl methyl sites for hydroxylation is 3. The van der Waals surface area contributed by atoms with Crippen LogP contribution in [0, 0.1) is 32.6 Å². The molecule has 1 amide bonds. The highest BCUT2D eigenvalue weighted by atomic mass is 16.5. The number of carboxylic acid groups (broad SMARTS) is 1. The molecule has 4 atom stereocenters. The number of fused-ring (bicyclic) bond motifs is 2. The Morgan fingerprint density at radius 1 is 1.26 bits per heavy atom. The van der Waals surface area contributed by atoms with Crippen molar-refractivity contribution >= 4 is 17.6 Å². The Bertz CT molecular complexity index is 661. The minimum absolute atomic E-state index is 0.249. The Labute approximate surface area is 136 Å². The van der Waals surface area contributed by atoms with Crippen molar-refractivity contribution in [2.75, 3.05) is 5.32 Å². The number of nitrogens with one attached hydrogen (secondary N) is 1. The number of amides is 1. The Kier molecular flexibility index (Phi) is 3.71. The second-order valence-corrected chi connectivity index (χ2v) is 7.11. The lowest BCUT2D eigenvalue weighted by molar-refractivity contribution is -0.150. The fourth-order valence-corrected chi connectivity index (χ4v) is 4.29. The van der Waals surface area contributed by atoms with Gasteiger partial charge in [0.25, 0.3) is 0 Å². The van der Waals surface area contributed by atoms with Crippen LogP contribution < -0.4 is 5.32 Å². The molecule has 0 aromatic heterocycles. The highest BCUT2D eigenvalue weighted by molar-refractivity contribution is 5.97. The number of carboxylic acids is 1. The zero-order valence-electron chi connectivity index (χ0n) is 14.0. The van der Waals surface area contributed by atoms with E-state index in [0.717, 1.165) is 28.8 Å². The zero-order chi connectivity index (χ0) is 16.9. The molecule has 0 aliphatic carbocycles. The molecule has 1 aromatic rings. The summed E-state index contributed by atoms with van der Waals surface area (Å²) in [6.07, 6.45) is 1.14. The summed E-state index contributed by atoms with van der Waals surface area (Å²) in [6, 6.07) is 4.02. The molecule has 3 rings (SSSR count). The summed E-state index contributed by atoms with van der Waals surface area (Å²) < 4.78 is 5.84. The van der Waals surface area contributed by atoms with Crippen molar-refractivity contribution in [3.63, 3.8) is 0 Å². The highest BCUT2D eigenvalue weighted by Crippen LogP contribution is 2.51. The van der Waals surface area contributed by atoms with Gasteiger partial charge in [0, 0.05) is 5.69 Å². The van der Waals surface area contributed by atoms with E-state index in [1.165, 1.54) is 0 Å². The Hall–Kier alpha value is -1.88. The number of carbonyl (C=O) groups is 2. The number of rotatable bonds is 3. The van der Waals surface area contributed by atoms with Crippen LogP contribution in [0.1, 0.15) is 36.5 Å². The van der Waals surface area contributed by atoms with E-state index in [1.54, 1.807) is 6.92 Å². The first-order valence-corrected chi connectivity index (χ1v) is 8.02. The topological polar surface area (TPSA) is 75.6 Å². The maximum absolute atomic E-state index is 12.8. The zero-order valence-corrected chi connectivity index (χ0v) is 14.0. The second kappa shape index (κ2) is 5.34. The predicted octanol–water partition coefficient (Wildman–Crippen LogP) is 2.82. The molecule has 2 aliphatic rings. The second-order valence-electron chi connectivity index (χ2n) is 7.11. The van der Waals surface area contributed by atoms with Crippen LogP contribution in [-0.4, -0.2) is 28.7 Å². The summed E-state index contributed by atoms with van der Waals surface area (Å²) in [5.74, 6) is -2.62. The van der Waals surface area contributed by atoms with Crippen LogP contribution in [0.25, 0.3) is 0 Å². The van der Waals surface area contributed by atoms with E-state index in [4.69, 9.17) is 4.74 Å². The summed E-state index contributed by atoms with van der Waals surface area (Å²) in [7, 11) is 0. The molecular weight excluding hydrogens is 294 g/mol. The van der Waals surface area contributed by atoms with E-state index in [9.17, 15) is 14.7 Å². The molecule has 23 heavy (non-hydrogen) atoms. The maximum Gasteiger partial charge on any atom is 0.310 e. The van der Waals surface area contributed by atoms with Crippen molar-refractivity contribution in [3.8, 4) is 0 Å². The Morgan fingerprint density at radius 3 is 2.43 bits per heavy atom. The van der Waals surface area contributed by atoms with Crippen LogP contribution in [0.2, 0.25) is 0 Å².